The molecule has 1 fully saturated rings. The molecule has 4 N–H and O–H groups in total. The van der Waals surface area contributed by atoms with E-state index in [1.54, 1.807) is 0 Å². The summed E-state index contributed by atoms with van der Waals surface area (Å²) in [5, 5.41) is 24.4. The molecular weight excluding hydrogens is 516 g/mol. The van der Waals surface area contributed by atoms with Gasteiger partial charge in [0.15, 0.2) is 12.1 Å². The highest BCUT2D eigenvalue weighted by Crippen LogP contribution is 2.13. The predicted octanol–water partition coefficient (Wildman–Crippen LogP) is 3.39. The molecule has 1 aliphatic rings. The molecule has 0 saturated carbocycles. The Kier molecular flexibility index (Phi) is 19.4. The summed E-state index contributed by atoms with van der Waals surface area (Å²) in [5.74, 6) is -2.92. The van der Waals surface area contributed by atoms with Gasteiger partial charge in [-0.05, 0) is 25.7 Å². The second kappa shape index (κ2) is 22.0. The smallest absolute Gasteiger partial charge is 0.331 e. The van der Waals surface area contributed by atoms with Crippen LogP contribution in [-0.2, 0) is 28.7 Å². The lowest BCUT2D eigenvalue weighted by Gasteiger charge is -2.25. The number of hydrogen-bond donors (Lipinski definition) is 4. The monoisotopic (exact) mass is 566 g/mol. The average molecular weight is 567 g/mol. The van der Waals surface area contributed by atoms with Crippen molar-refractivity contribution in [3.05, 3.63) is 24.3 Å². The van der Waals surface area contributed by atoms with Crippen LogP contribution in [0.15, 0.2) is 24.3 Å². The Bertz CT molecular complexity index is 748. The third-order valence-electron chi connectivity index (χ3n) is 6.58. The number of aliphatic hydroxyl groups is 2. The molecule has 0 radical (unpaired) electrons. The van der Waals surface area contributed by atoms with Crippen LogP contribution in [0.1, 0.15) is 104 Å². The summed E-state index contributed by atoms with van der Waals surface area (Å²) in [6.45, 7) is 2.90. The molecule has 0 aromatic heterocycles. The molecule has 10 nitrogen and oxygen atoms in total. The summed E-state index contributed by atoms with van der Waals surface area (Å²) in [4.78, 5) is 51.0. The fourth-order valence-corrected chi connectivity index (χ4v) is 4.23. The second-order valence-corrected chi connectivity index (χ2v) is 10.2. The van der Waals surface area contributed by atoms with Crippen molar-refractivity contribution >= 4 is 23.8 Å². The number of amides is 2. The number of ether oxygens (including phenoxy) is 2. The average Bonchev–Trinajstić information content (AvgIpc) is 2.92. The van der Waals surface area contributed by atoms with E-state index < -0.39 is 61.3 Å². The zero-order chi connectivity index (χ0) is 29.6. The molecule has 2 unspecified atom stereocenters. The van der Waals surface area contributed by atoms with Crippen molar-refractivity contribution in [1.29, 1.82) is 0 Å². The molecule has 0 aromatic rings. The Morgan fingerprint density at radius 2 is 1.05 bits per heavy atom. The Labute approximate surface area is 238 Å². The van der Waals surface area contributed by atoms with E-state index in [4.69, 9.17) is 9.47 Å². The van der Waals surface area contributed by atoms with E-state index >= 15 is 0 Å². The highest BCUT2D eigenvalue weighted by molar-refractivity contribution is 5.87. The van der Waals surface area contributed by atoms with Crippen molar-refractivity contribution in [3.8, 4) is 0 Å². The number of carbonyl (C=O) groups excluding carboxylic acids is 4. The molecule has 228 valence electrons. The highest BCUT2D eigenvalue weighted by atomic mass is 16.6. The van der Waals surface area contributed by atoms with Crippen molar-refractivity contribution in [2.45, 2.75) is 128 Å². The molecule has 0 aromatic carbocycles. The standard InChI is InChI=1S/C30H50N2O8/c1-3-5-7-9-11-13-15-17-23-19-27(35)31-26(22-34)30(38)40-24(18-16-14-12-10-8-6-4-2)20-28(36)32-25(21-33)29(37)39-23/h13-16,23-26,33-34H,3-12,17-22H2,1-2H3,(H,31,35)(H,32,36)/b15-13+,16-14+/t23?,24?,25-,26-/m0/s1. The number of allylic oxidation sites excluding steroid dienone is 2. The normalized spacial score (nSPS) is 23.5. The van der Waals surface area contributed by atoms with Gasteiger partial charge in [-0.25, -0.2) is 9.59 Å². The Morgan fingerprint density at radius 3 is 1.40 bits per heavy atom. The number of hydrogen-bond acceptors (Lipinski definition) is 8. The van der Waals surface area contributed by atoms with Gasteiger partial charge >= 0.3 is 11.9 Å². The number of cyclic esters (lactones) is 2. The van der Waals surface area contributed by atoms with Crippen LogP contribution in [-0.4, -0.2) is 71.5 Å². The minimum absolute atomic E-state index is 0.236. The molecular formula is C30H50N2O8. The van der Waals surface area contributed by atoms with E-state index in [1.165, 1.54) is 0 Å². The predicted molar refractivity (Wildman–Crippen MR) is 152 cm³/mol. The maximum atomic E-state index is 12.8. The van der Waals surface area contributed by atoms with Gasteiger partial charge < -0.3 is 30.3 Å². The van der Waals surface area contributed by atoms with Crippen molar-refractivity contribution in [1.82, 2.24) is 10.6 Å². The molecule has 0 bridgehead atoms. The molecule has 4 atom stereocenters. The Morgan fingerprint density at radius 1 is 0.650 bits per heavy atom. The summed E-state index contributed by atoms with van der Waals surface area (Å²) in [6.07, 6.45) is 16.3. The minimum Gasteiger partial charge on any atom is -0.460 e. The first-order valence-electron chi connectivity index (χ1n) is 14.9. The first-order chi connectivity index (χ1) is 19.3. The van der Waals surface area contributed by atoms with Crippen molar-refractivity contribution in [2.24, 2.45) is 0 Å². The van der Waals surface area contributed by atoms with Gasteiger partial charge in [-0.15, -0.1) is 0 Å². The second-order valence-electron chi connectivity index (χ2n) is 10.2. The molecule has 1 saturated heterocycles. The summed E-state index contributed by atoms with van der Waals surface area (Å²) >= 11 is 0. The molecule has 1 heterocycles. The quantitative estimate of drug-likeness (QED) is 0.126. The molecule has 10 heteroatoms. The molecule has 0 spiro atoms. The summed E-state index contributed by atoms with van der Waals surface area (Å²) in [7, 11) is 0. The van der Waals surface area contributed by atoms with E-state index in [-0.39, 0.29) is 25.7 Å². The molecule has 2 amide bonds. The van der Waals surface area contributed by atoms with Crippen LogP contribution in [0, 0.1) is 0 Å². The van der Waals surface area contributed by atoms with Crippen LogP contribution in [0.25, 0.3) is 0 Å². The van der Waals surface area contributed by atoms with Gasteiger partial charge in [0.2, 0.25) is 11.8 Å². The number of carbonyl (C=O) groups is 4. The SMILES string of the molecule is CCCCCC/C=C/CC1CC(=O)N[C@@H](CO)C(=O)OC(C/C=C/CCCCCC)CC(=O)N[C@@H](CO)C(=O)O1. The van der Waals surface area contributed by atoms with Crippen LogP contribution in [0.5, 0.6) is 0 Å². The lowest BCUT2D eigenvalue weighted by Crippen LogP contribution is -2.49. The van der Waals surface area contributed by atoms with Crippen molar-refractivity contribution < 1.29 is 38.9 Å². The lowest BCUT2D eigenvalue weighted by atomic mass is 10.1. The fourth-order valence-electron chi connectivity index (χ4n) is 4.23. The Balaban J connectivity index is 2.94. The van der Waals surface area contributed by atoms with Gasteiger partial charge in [0.1, 0.15) is 12.2 Å². The zero-order valence-corrected chi connectivity index (χ0v) is 24.3. The fraction of sp³-hybridized carbons (Fsp3) is 0.733. The molecule has 0 aliphatic carbocycles. The highest BCUT2D eigenvalue weighted by Gasteiger charge is 2.31. The summed E-state index contributed by atoms with van der Waals surface area (Å²) in [6, 6.07) is -2.65. The van der Waals surface area contributed by atoms with Gasteiger partial charge in [-0.1, -0.05) is 76.7 Å². The third kappa shape index (κ3) is 15.8. The van der Waals surface area contributed by atoms with E-state index in [2.05, 4.69) is 24.5 Å². The van der Waals surface area contributed by atoms with Crippen LogP contribution in [0.2, 0.25) is 0 Å². The first-order valence-corrected chi connectivity index (χ1v) is 14.9. The molecule has 1 aliphatic heterocycles. The van der Waals surface area contributed by atoms with Crippen molar-refractivity contribution in [2.75, 3.05) is 13.2 Å². The number of esters is 2. The maximum Gasteiger partial charge on any atom is 0.331 e. The lowest BCUT2D eigenvalue weighted by molar-refractivity contribution is -0.160. The van der Waals surface area contributed by atoms with Crippen LogP contribution >= 0.6 is 0 Å². The molecule has 40 heavy (non-hydrogen) atoms. The van der Waals surface area contributed by atoms with E-state index in [0.29, 0.717) is 0 Å². The minimum atomic E-state index is -1.32. The van der Waals surface area contributed by atoms with E-state index in [1.807, 2.05) is 24.3 Å². The van der Waals surface area contributed by atoms with Crippen LogP contribution in [0.3, 0.4) is 0 Å². The number of unbranched alkanes of at least 4 members (excludes halogenated alkanes) is 8. The molecule has 1 rings (SSSR count). The topological polar surface area (TPSA) is 151 Å². The van der Waals surface area contributed by atoms with Gasteiger partial charge in [-0.2, -0.15) is 0 Å². The maximum absolute atomic E-state index is 12.8. The number of nitrogens with one attached hydrogen (secondary N) is 2. The number of aliphatic hydroxyl groups excluding tert-OH is 2. The third-order valence-corrected chi connectivity index (χ3v) is 6.58. The van der Waals surface area contributed by atoms with E-state index in [0.717, 1.165) is 64.2 Å². The van der Waals surface area contributed by atoms with Crippen LogP contribution < -0.4 is 10.6 Å². The zero-order valence-electron chi connectivity index (χ0n) is 24.3. The van der Waals surface area contributed by atoms with E-state index in [9.17, 15) is 29.4 Å². The van der Waals surface area contributed by atoms with Crippen molar-refractivity contribution in [3.63, 3.8) is 0 Å². The summed E-state index contributed by atoms with van der Waals surface area (Å²) < 4.78 is 11.0. The summed E-state index contributed by atoms with van der Waals surface area (Å²) in [5.41, 5.74) is 0. The van der Waals surface area contributed by atoms with Crippen LogP contribution in [0.4, 0.5) is 0 Å². The van der Waals surface area contributed by atoms with Gasteiger partial charge in [-0.3, -0.25) is 9.59 Å². The van der Waals surface area contributed by atoms with Gasteiger partial charge in [0.25, 0.3) is 0 Å². The first kappa shape index (κ1) is 35.3. The number of rotatable bonds is 16. The van der Waals surface area contributed by atoms with Gasteiger partial charge in [0.05, 0.1) is 26.1 Å². The van der Waals surface area contributed by atoms with Gasteiger partial charge in [0, 0.05) is 12.8 Å². The largest absolute Gasteiger partial charge is 0.460 e. The Hall–Kier alpha value is -2.72.